The van der Waals surface area contributed by atoms with Crippen molar-refractivity contribution in [3.8, 4) is 0 Å². The molecule has 1 rings (SSSR count). The molecule has 62 valence electrons. The van der Waals surface area contributed by atoms with Crippen LogP contribution in [0.5, 0.6) is 0 Å². The highest BCUT2D eigenvalue weighted by Crippen LogP contribution is 2.19. The van der Waals surface area contributed by atoms with Crippen molar-refractivity contribution in [1.82, 2.24) is 0 Å². The van der Waals surface area contributed by atoms with E-state index >= 15 is 0 Å². The van der Waals surface area contributed by atoms with Crippen LogP contribution in [-0.4, -0.2) is 0 Å². The summed E-state index contributed by atoms with van der Waals surface area (Å²) in [5.74, 6) is 0. The molecule has 0 aliphatic rings. The van der Waals surface area contributed by atoms with E-state index in [1.54, 1.807) is 11.8 Å². The minimum absolute atomic E-state index is 1.27. The van der Waals surface area contributed by atoms with Gasteiger partial charge in [0, 0.05) is 10.3 Å². The van der Waals surface area contributed by atoms with Gasteiger partial charge < -0.3 is 0 Å². The normalized spacial score (nSPS) is 8.83. The van der Waals surface area contributed by atoms with E-state index in [1.165, 1.54) is 10.5 Å². The Morgan fingerprint density at radius 1 is 1.42 bits per heavy atom. The fourth-order valence-corrected chi connectivity index (χ4v) is 1.61. The third-order valence-corrected chi connectivity index (χ3v) is 2.20. The highest BCUT2D eigenvalue weighted by Gasteiger charge is 1.88. The van der Waals surface area contributed by atoms with Gasteiger partial charge in [0.05, 0.1) is 0 Å². The molecule has 0 spiro atoms. The summed E-state index contributed by atoms with van der Waals surface area (Å²) in [6.45, 7) is 4.07. The van der Waals surface area contributed by atoms with E-state index in [0.29, 0.717) is 0 Å². The van der Waals surface area contributed by atoms with Crippen LogP contribution in [-0.2, 0) is 0 Å². The first kappa shape index (κ1) is 9.18. The second kappa shape index (κ2) is 4.87. The van der Waals surface area contributed by atoms with Crippen molar-refractivity contribution in [2.75, 3.05) is 0 Å². The average Bonchev–Trinajstić information content (AvgIpc) is 2.05. The van der Waals surface area contributed by atoms with Crippen molar-refractivity contribution in [3.63, 3.8) is 0 Å². The van der Waals surface area contributed by atoms with Crippen LogP contribution in [0.25, 0.3) is 0 Å². The van der Waals surface area contributed by atoms with Gasteiger partial charge in [-0.15, -0.1) is 5.73 Å². The molecule has 0 atom stereocenters. The van der Waals surface area contributed by atoms with Crippen LogP contribution in [0.15, 0.2) is 46.4 Å². The summed E-state index contributed by atoms with van der Waals surface area (Å²) in [5.41, 5.74) is 4.33. The molecule has 1 aromatic rings. The summed E-state index contributed by atoms with van der Waals surface area (Å²) in [7, 11) is 0. The zero-order valence-electron chi connectivity index (χ0n) is 7.37. The van der Waals surface area contributed by atoms with Gasteiger partial charge in [0.15, 0.2) is 0 Å². The molecule has 0 N–H and O–H groups in total. The van der Waals surface area contributed by atoms with Gasteiger partial charge >= 0.3 is 0 Å². The molecule has 0 aliphatic carbocycles. The quantitative estimate of drug-likeness (QED) is 0.488. The number of allylic oxidation sites excluding steroid dienone is 1. The Morgan fingerprint density at radius 3 is 2.92 bits per heavy atom. The highest BCUT2D eigenvalue weighted by atomic mass is 32.2. The van der Waals surface area contributed by atoms with Gasteiger partial charge in [-0.25, -0.2) is 0 Å². The maximum absolute atomic E-state index is 3.03. The lowest BCUT2D eigenvalue weighted by Gasteiger charge is -1.95. The first-order valence-electron chi connectivity index (χ1n) is 3.92. The Bertz CT molecular complexity index is 307. The summed E-state index contributed by atoms with van der Waals surface area (Å²) in [6, 6.07) is 8.44. The van der Waals surface area contributed by atoms with Crippen LogP contribution in [0.4, 0.5) is 0 Å². The van der Waals surface area contributed by atoms with Crippen LogP contribution in [0, 0.1) is 6.92 Å². The third kappa shape index (κ3) is 3.00. The Hall–Kier alpha value is -0.910. The second-order valence-electron chi connectivity index (χ2n) is 2.51. The molecule has 0 radical (unpaired) electrons. The monoisotopic (exact) mass is 176 g/mol. The number of thioether (sulfide) groups is 1. The van der Waals surface area contributed by atoms with Gasteiger partial charge in [0.2, 0.25) is 0 Å². The molecule has 0 unspecified atom stereocenters. The number of rotatable bonds is 2. The minimum atomic E-state index is 1.27. The SMILES string of the molecule is CC=C=CSc1cccc(C)c1. The van der Waals surface area contributed by atoms with Gasteiger partial charge in [-0.05, 0) is 32.1 Å². The zero-order chi connectivity index (χ0) is 8.81. The Kier molecular flexibility index (Phi) is 3.72. The first-order chi connectivity index (χ1) is 5.83. The van der Waals surface area contributed by atoms with Crippen LogP contribution in [0.3, 0.4) is 0 Å². The van der Waals surface area contributed by atoms with E-state index in [0.717, 1.165) is 0 Å². The summed E-state index contributed by atoms with van der Waals surface area (Å²) in [4.78, 5) is 1.27. The number of hydrogen-bond donors (Lipinski definition) is 0. The van der Waals surface area contributed by atoms with Crippen LogP contribution < -0.4 is 0 Å². The Balaban J connectivity index is 2.70. The lowest BCUT2D eigenvalue weighted by molar-refractivity contribution is 1.37. The van der Waals surface area contributed by atoms with Crippen molar-refractivity contribution >= 4 is 11.8 Å². The average molecular weight is 176 g/mol. The van der Waals surface area contributed by atoms with Crippen molar-refractivity contribution in [2.45, 2.75) is 18.7 Å². The molecule has 0 amide bonds. The van der Waals surface area contributed by atoms with E-state index in [9.17, 15) is 0 Å². The fourth-order valence-electron chi connectivity index (χ4n) is 0.859. The topological polar surface area (TPSA) is 0 Å². The summed E-state index contributed by atoms with van der Waals surface area (Å²) >= 11 is 1.69. The number of benzene rings is 1. The standard InChI is InChI=1S/C11H12S/c1-3-4-8-12-11-7-5-6-10(2)9-11/h3,5-9H,1-2H3. The van der Waals surface area contributed by atoms with Crippen LogP contribution in [0.1, 0.15) is 12.5 Å². The van der Waals surface area contributed by atoms with Crippen molar-refractivity contribution in [3.05, 3.63) is 47.0 Å². The van der Waals surface area contributed by atoms with E-state index in [4.69, 9.17) is 0 Å². The number of hydrogen-bond acceptors (Lipinski definition) is 1. The zero-order valence-corrected chi connectivity index (χ0v) is 8.19. The molecular formula is C11H12S. The fraction of sp³-hybridized carbons (Fsp3) is 0.182. The molecule has 0 fully saturated rings. The van der Waals surface area contributed by atoms with Crippen molar-refractivity contribution < 1.29 is 0 Å². The predicted molar refractivity (Wildman–Crippen MR) is 55.4 cm³/mol. The molecule has 0 aromatic heterocycles. The molecule has 0 aliphatic heterocycles. The molecule has 1 heteroatoms. The van der Waals surface area contributed by atoms with E-state index in [1.807, 2.05) is 18.4 Å². The molecule has 0 nitrogen and oxygen atoms in total. The molecular weight excluding hydrogens is 164 g/mol. The molecule has 0 bridgehead atoms. The van der Waals surface area contributed by atoms with Gasteiger partial charge in [-0.1, -0.05) is 29.5 Å². The van der Waals surface area contributed by atoms with E-state index in [2.05, 4.69) is 36.9 Å². The van der Waals surface area contributed by atoms with Gasteiger partial charge in [0.25, 0.3) is 0 Å². The molecule has 0 heterocycles. The predicted octanol–water partition coefficient (Wildman–Crippen LogP) is 3.78. The maximum atomic E-state index is 3.03. The van der Waals surface area contributed by atoms with Gasteiger partial charge in [-0.2, -0.15) is 0 Å². The Morgan fingerprint density at radius 2 is 2.25 bits per heavy atom. The van der Waals surface area contributed by atoms with E-state index < -0.39 is 0 Å². The van der Waals surface area contributed by atoms with Crippen molar-refractivity contribution in [2.24, 2.45) is 0 Å². The van der Waals surface area contributed by atoms with Gasteiger partial charge in [0.1, 0.15) is 0 Å². The smallest absolute Gasteiger partial charge is 0.0175 e. The third-order valence-electron chi connectivity index (χ3n) is 1.42. The van der Waals surface area contributed by atoms with Gasteiger partial charge in [-0.3, -0.25) is 0 Å². The minimum Gasteiger partial charge on any atom is -0.118 e. The van der Waals surface area contributed by atoms with Crippen LogP contribution in [0.2, 0.25) is 0 Å². The first-order valence-corrected chi connectivity index (χ1v) is 4.80. The van der Waals surface area contributed by atoms with E-state index in [-0.39, 0.29) is 0 Å². The number of aryl methyl sites for hydroxylation is 1. The molecule has 0 saturated carbocycles. The lowest BCUT2D eigenvalue weighted by Crippen LogP contribution is -1.71. The summed E-state index contributed by atoms with van der Waals surface area (Å²) in [5, 5.41) is 1.97. The Labute approximate surface area is 78.0 Å². The van der Waals surface area contributed by atoms with Crippen molar-refractivity contribution in [1.29, 1.82) is 0 Å². The second-order valence-corrected chi connectivity index (χ2v) is 3.45. The highest BCUT2D eigenvalue weighted by molar-refractivity contribution is 8.02. The maximum Gasteiger partial charge on any atom is 0.0175 e. The lowest BCUT2D eigenvalue weighted by atomic mass is 10.2. The van der Waals surface area contributed by atoms with Crippen LogP contribution >= 0.6 is 11.8 Å². The largest absolute Gasteiger partial charge is 0.118 e. The summed E-state index contributed by atoms with van der Waals surface area (Å²) in [6.07, 6.45) is 1.91. The summed E-state index contributed by atoms with van der Waals surface area (Å²) < 4.78 is 0. The molecule has 1 aromatic carbocycles. The molecule has 12 heavy (non-hydrogen) atoms. The molecule has 0 saturated heterocycles.